The Kier molecular flexibility index (Phi) is 2.94. The third kappa shape index (κ3) is 2.35. The number of aromatic amines is 2. The molecule has 8 nitrogen and oxygen atoms in total. The lowest BCUT2D eigenvalue weighted by Gasteiger charge is -2.01. The van der Waals surface area contributed by atoms with Gasteiger partial charge in [0.1, 0.15) is 5.76 Å². The summed E-state index contributed by atoms with van der Waals surface area (Å²) in [5.41, 5.74) is 1.14. The van der Waals surface area contributed by atoms with Crippen molar-refractivity contribution in [1.82, 2.24) is 25.4 Å². The maximum atomic E-state index is 12.4. The van der Waals surface area contributed by atoms with Gasteiger partial charge in [0.25, 0.3) is 5.91 Å². The van der Waals surface area contributed by atoms with Crippen LogP contribution in [0.15, 0.2) is 40.9 Å². The highest BCUT2D eigenvalue weighted by atomic mass is 16.3. The molecule has 114 valence electrons. The van der Waals surface area contributed by atoms with Crippen LogP contribution in [0.1, 0.15) is 16.1 Å². The van der Waals surface area contributed by atoms with Crippen LogP contribution in [0.5, 0.6) is 0 Å². The van der Waals surface area contributed by atoms with E-state index in [1.165, 1.54) is 0 Å². The van der Waals surface area contributed by atoms with Gasteiger partial charge >= 0.3 is 0 Å². The van der Waals surface area contributed by atoms with Crippen LogP contribution in [-0.2, 0) is 0 Å². The van der Waals surface area contributed by atoms with Crippen LogP contribution in [0.4, 0.5) is 5.95 Å². The minimum absolute atomic E-state index is 0.176. The number of hydrogen-bond acceptors (Lipinski definition) is 5. The molecule has 1 aromatic carbocycles. The summed E-state index contributed by atoms with van der Waals surface area (Å²) in [6.07, 6.45) is 1.66. The SMILES string of the molecule is Cc1ccc(-c2nc(NC(=O)c3cccc4cn[nH]c34)n[nH]2)o1. The Balaban J connectivity index is 1.60. The molecule has 8 heteroatoms. The monoisotopic (exact) mass is 308 g/mol. The van der Waals surface area contributed by atoms with Gasteiger partial charge in [0.2, 0.25) is 5.95 Å². The maximum absolute atomic E-state index is 12.4. The number of rotatable bonds is 3. The molecule has 3 heterocycles. The average molecular weight is 308 g/mol. The van der Waals surface area contributed by atoms with E-state index in [4.69, 9.17) is 4.42 Å². The van der Waals surface area contributed by atoms with Crippen molar-refractivity contribution in [1.29, 1.82) is 0 Å². The number of carbonyl (C=O) groups excluding carboxylic acids is 1. The number of hydrogen-bond donors (Lipinski definition) is 3. The molecule has 0 spiro atoms. The van der Waals surface area contributed by atoms with Crippen molar-refractivity contribution < 1.29 is 9.21 Å². The van der Waals surface area contributed by atoms with Crippen molar-refractivity contribution in [2.75, 3.05) is 5.32 Å². The number of fused-ring (bicyclic) bond motifs is 1. The number of benzene rings is 1. The molecule has 0 atom stereocenters. The molecule has 0 saturated carbocycles. The van der Waals surface area contributed by atoms with Gasteiger partial charge in [-0.05, 0) is 25.1 Å². The van der Waals surface area contributed by atoms with Crippen molar-refractivity contribution in [2.45, 2.75) is 6.92 Å². The molecule has 23 heavy (non-hydrogen) atoms. The summed E-state index contributed by atoms with van der Waals surface area (Å²) in [5.74, 6) is 1.64. The molecule has 3 N–H and O–H groups in total. The molecule has 0 aliphatic carbocycles. The first-order chi connectivity index (χ1) is 11.2. The van der Waals surface area contributed by atoms with E-state index < -0.39 is 0 Å². The molecule has 4 rings (SSSR count). The van der Waals surface area contributed by atoms with Crippen LogP contribution >= 0.6 is 0 Å². The van der Waals surface area contributed by atoms with Gasteiger partial charge in [-0.3, -0.25) is 20.3 Å². The second-order valence-corrected chi connectivity index (χ2v) is 5.01. The number of para-hydroxylation sites is 1. The first-order valence-electron chi connectivity index (χ1n) is 6.93. The Hall–Kier alpha value is -3.42. The van der Waals surface area contributed by atoms with Gasteiger partial charge in [-0.15, -0.1) is 5.10 Å². The van der Waals surface area contributed by atoms with E-state index >= 15 is 0 Å². The molecule has 4 aromatic rings. The van der Waals surface area contributed by atoms with Crippen molar-refractivity contribution >= 4 is 22.8 Å². The Morgan fingerprint density at radius 1 is 1.22 bits per heavy atom. The van der Waals surface area contributed by atoms with Crippen LogP contribution in [0.25, 0.3) is 22.5 Å². The Morgan fingerprint density at radius 3 is 2.96 bits per heavy atom. The van der Waals surface area contributed by atoms with E-state index in [0.29, 0.717) is 22.7 Å². The molecule has 0 aliphatic rings. The number of amides is 1. The first kappa shape index (κ1) is 13.3. The second kappa shape index (κ2) is 5.09. The molecule has 0 saturated heterocycles. The van der Waals surface area contributed by atoms with Crippen LogP contribution in [0.2, 0.25) is 0 Å². The van der Waals surface area contributed by atoms with Gasteiger partial charge < -0.3 is 4.42 Å². The fourth-order valence-corrected chi connectivity index (χ4v) is 2.32. The smallest absolute Gasteiger partial charge is 0.260 e. The van der Waals surface area contributed by atoms with E-state index in [9.17, 15) is 4.79 Å². The number of anilines is 1. The topological polar surface area (TPSA) is 112 Å². The molecule has 0 fully saturated rings. The molecule has 3 aromatic heterocycles. The lowest BCUT2D eigenvalue weighted by Crippen LogP contribution is -2.13. The van der Waals surface area contributed by atoms with E-state index in [1.807, 2.05) is 19.1 Å². The Morgan fingerprint density at radius 2 is 2.13 bits per heavy atom. The van der Waals surface area contributed by atoms with Gasteiger partial charge in [-0.1, -0.05) is 12.1 Å². The first-order valence-corrected chi connectivity index (χ1v) is 6.93. The Bertz CT molecular complexity index is 996. The zero-order chi connectivity index (χ0) is 15.8. The molecule has 0 radical (unpaired) electrons. The quantitative estimate of drug-likeness (QED) is 0.538. The van der Waals surface area contributed by atoms with Gasteiger partial charge in [-0.2, -0.15) is 10.1 Å². The molecular weight excluding hydrogens is 296 g/mol. The highest BCUT2D eigenvalue weighted by molar-refractivity contribution is 6.11. The predicted molar refractivity (Wildman–Crippen MR) is 82.9 cm³/mol. The number of H-pyrrole nitrogens is 2. The summed E-state index contributed by atoms with van der Waals surface area (Å²) in [6, 6.07) is 8.99. The lowest BCUT2D eigenvalue weighted by molar-refractivity contribution is 0.102. The normalized spacial score (nSPS) is 11.0. The third-order valence-electron chi connectivity index (χ3n) is 3.41. The van der Waals surface area contributed by atoms with Crippen LogP contribution in [-0.4, -0.2) is 31.3 Å². The largest absolute Gasteiger partial charge is 0.458 e. The van der Waals surface area contributed by atoms with Crippen LogP contribution in [0, 0.1) is 6.92 Å². The number of aromatic nitrogens is 5. The zero-order valence-electron chi connectivity index (χ0n) is 12.1. The zero-order valence-corrected chi connectivity index (χ0v) is 12.1. The third-order valence-corrected chi connectivity index (χ3v) is 3.41. The van der Waals surface area contributed by atoms with Crippen LogP contribution < -0.4 is 5.32 Å². The maximum Gasteiger partial charge on any atom is 0.260 e. The fourth-order valence-electron chi connectivity index (χ4n) is 2.32. The van der Waals surface area contributed by atoms with E-state index in [-0.39, 0.29) is 11.9 Å². The van der Waals surface area contributed by atoms with Crippen molar-refractivity contribution in [3.05, 3.63) is 47.9 Å². The predicted octanol–water partition coefficient (Wildman–Crippen LogP) is 2.50. The summed E-state index contributed by atoms with van der Waals surface area (Å²) >= 11 is 0. The minimum atomic E-state index is -0.318. The van der Waals surface area contributed by atoms with E-state index in [0.717, 1.165) is 11.1 Å². The van der Waals surface area contributed by atoms with Gasteiger partial charge in [0, 0.05) is 5.39 Å². The van der Waals surface area contributed by atoms with Crippen molar-refractivity contribution in [3.8, 4) is 11.6 Å². The average Bonchev–Trinajstić information content (AvgIpc) is 3.26. The Labute approximate surface area is 129 Å². The molecular formula is C15H12N6O2. The molecule has 0 bridgehead atoms. The van der Waals surface area contributed by atoms with Crippen molar-refractivity contribution in [3.63, 3.8) is 0 Å². The number of nitrogens with zero attached hydrogens (tertiary/aromatic N) is 3. The van der Waals surface area contributed by atoms with Gasteiger partial charge in [0.15, 0.2) is 11.6 Å². The lowest BCUT2D eigenvalue weighted by atomic mass is 10.1. The van der Waals surface area contributed by atoms with Gasteiger partial charge in [-0.25, -0.2) is 0 Å². The van der Waals surface area contributed by atoms with E-state index in [1.54, 1.807) is 24.4 Å². The van der Waals surface area contributed by atoms with Gasteiger partial charge in [0.05, 0.1) is 17.3 Å². The number of aryl methyl sites for hydroxylation is 1. The summed E-state index contributed by atoms with van der Waals surface area (Å²) in [7, 11) is 0. The summed E-state index contributed by atoms with van der Waals surface area (Å²) in [4.78, 5) is 16.6. The van der Waals surface area contributed by atoms with E-state index in [2.05, 4.69) is 30.7 Å². The summed E-state index contributed by atoms with van der Waals surface area (Å²) < 4.78 is 5.46. The number of nitrogens with one attached hydrogen (secondary N) is 3. The molecule has 1 amide bonds. The molecule has 0 unspecified atom stereocenters. The number of carbonyl (C=O) groups is 1. The standard InChI is InChI=1S/C15H12N6O2/c1-8-5-6-11(23-8)13-17-15(21-20-13)18-14(22)10-4-2-3-9-7-16-19-12(9)10/h2-7H,1H3,(H,16,19)(H2,17,18,20,21,22). The van der Waals surface area contributed by atoms with Crippen molar-refractivity contribution in [2.24, 2.45) is 0 Å². The minimum Gasteiger partial charge on any atom is -0.458 e. The second-order valence-electron chi connectivity index (χ2n) is 5.01. The van der Waals surface area contributed by atoms with Crippen LogP contribution in [0.3, 0.4) is 0 Å². The number of furan rings is 1. The highest BCUT2D eigenvalue weighted by Gasteiger charge is 2.15. The molecule has 0 aliphatic heterocycles. The summed E-state index contributed by atoms with van der Waals surface area (Å²) in [5, 5.41) is 17.0. The highest BCUT2D eigenvalue weighted by Crippen LogP contribution is 2.20. The summed E-state index contributed by atoms with van der Waals surface area (Å²) in [6.45, 7) is 1.84. The fraction of sp³-hybridized carbons (Fsp3) is 0.0667.